The van der Waals surface area contributed by atoms with E-state index in [9.17, 15) is 27.5 Å². The third-order valence-electron chi connectivity index (χ3n) is 5.58. The van der Waals surface area contributed by atoms with Gasteiger partial charge in [-0.05, 0) is 60.8 Å². The minimum atomic E-state index is -4.20. The number of aromatic carboxylic acids is 1. The summed E-state index contributed by atoms with van der Waals surface area (Å²) >= 11 is 1.42. The molecule has 0 atom stereocenters. The molecule has 0 aliphatic heterocycles. The van der Waals surface area contributed by atoms with Crippen molar-refractivity contribution in [1.29, 1.82) is 0 Å². The quantitative estimate of drug-likeness (QED) is 0.211. The lowest BCUT2D eigenvalue weighted by Gasteiger charge is -2.16. The fraction of sp³-hybridized carbons (Fsp3) is 0.192. The van der Waals surface area contributed by atoms with E-state index in [0.717, 1.165) is 9.56 Å². The summed E-state index contributed by atoms with van der Waals surface area (Å²) in [4.78, 5) is 24.9. The number of hydrogen-bond acceptors (Lipinski definition) is 8. The Morgan fingerprint density at radius 3 is 2.55 bits per heavy atom. The number of carbonyl (C=O) groups excluding carboxylic acids is 1. The monoisotopic (exact) mass is 588 g/mol. The highest BCUT2D eigenvalue weighted by atomic mass is 32.2. The number of methoxy groups -OCH3 is 1. The molecule has 210 valence electrons. The predicted octanol–water partition coefficient (Wildman–Crippen LogP) is 3.98. The van der Waals surface area contributed by atoms with E-state index >= 15 is 0 Å². The van der Waals surface area contributed by atoms with Crippen molar-refractivity contribution in [2.75, 3.05) is 25.6 Å². The van der Waals surface area contributed by atoms with E-state index in [-0.39, 0.29) is 64.6 Å². The Bertz CT molecular complexity index is 1620. The molecule has 4 rings (SSSR count). The van der Waals surface area contributed by atoms with Crippen molar-refractivity contribution in [3.63, 3.8) is 0 Å². The molecule has 0 bridgehead atoms. The number of aromatic nitrogens is 2. The largest absolute Gasteiger partial charge is 0.476 e. The summed E-state index contributed by atoms with van der Waals surface area (Å²) in [7, 11) is -2.77. The number of carboxylic acid groups (broad SMARTS) is 1. The van der Waals surface area contributed by atoms with Gasteiger partial charge in [0.05, 0.1) is 18.7 Å². The van der Waals surface area contributed by atoms with Crippen LogP contribution in [0.3, 0.4) is 0 Å². The number of ether oxygens (including phenoxy) is 2. The maximum atomic E-state index is 13.5. The molecule has 0 unspecified atom stereocenters. The number of nitrogens with zero attached hydrogens (tertiary/aromatic N) is 2. The summed E-state index contributed by atoms with van der Waals surface area (Å²) in [5, 5.41) is 18.2. The number of amides is 1. The van der Waals surface area contributed by atoms with Crippen LogP contribution in [0.15, 0.2) is 64.9 Å². The smallest absolute Gasteiger partial charge is 0.356 e. The van der Waals surface area contributed by atoms with Gasteiger partial charge in [-0.15, -0.1) is 11.3 Å². The van der Waals surface area contributed by atoms with Crippen LogP contribution in [-0.2, 0) is 26.0 Å². The second-order valence-electron chi connectivity index (χ2n) is 8.43. The number of halogens is 1. The Morgan fingerprint density at radius 1 is 1.15 bits per heavy atom. The fourth-order valence-corrected chi connectivity index (χ4v) is 5.55. The lowest BCUT2D eigenvalue weighted by molar-refractivity contribution is -0.115. The molecule has 0 spiro atoms. The molecule has 11 nitrogen and oxygen atoms in total. The van der Waals surface area contributed by atoms with Gasteiger partial charge >= 0.3 is 5.97 Å². The number of benzene rings is 2. The summed E-state index contributed by atoms with van der Waals surface area (Å²) < 4.78 is 54.6. The summed E-state index contributed by atoms with van der Waals surface area (Å²) in [6.45, 7) is 1.52. The van der Waals surface area contributed by atoms with Gasteiger partial charge in [-0.3, -0.25) is 4.79 Å². The molecule has 0 aliphatic rings. The number of carboxylic acids is 1. The topological polar surface area (TPSA) is 149 Å². The zero-order chi connectivity index (χ0) is 28.9. The molecule has 2 aromatic heterocycles. The third kappa shape index (κ3) is 6.71. The number of sulfonamides is 1. The van der Waals surface area contributed by atoms with Crippen LogP contribution in [0.2, 0.25) is 0 Å². The molecule has 0 saturated carbocycles. The minimum Gasteiger partial charge on any atom is -0.476 e. The van der Waals surface area contributed by atoms with Crippen LogP contribution in [-0.4, -0.2) is 55.4 Å². The molecule has 1 amide bonds. The molecule has 3 N–H and O–H groups in total. The maximum Gasteiger partial charge on any atom is 0.356 e. The van der Waals surface area contributed by atoms with E-state index in [1.807, 2.05) is 17.5 Å². The van der Waals surface area contributed by atoms with Gasteiger partial charge in [0.25, 0.3) is 0 Å². The highest BCUT2D eigenvalue weighted by Gasteiger charge is 2.26. The Labute approximate surface area is 233 Å². The van der Waals surface area contributed by atoms with Crippen molar-refractivity contribution < 1.29 is 37.0 Å². The van der Waals surface area contributed by atoms with Gasteiger partial charge in [0.2, 0.25) is 21.8 Å². The van der Waals surface area contributed by atoms with Gasteiger partial charge in [-0.2, -0.15) is 9.78 Å². The van der Waals surface area contributed by atoms with E-state index in [2.05, 4.69) is 15.1 Å². The normalized spacial score (nSPS) is 11.4. The van der Waals surface area contributed by atoms with Crippen LogP contribution in [0.25, 0.3) is 5.69 Å². The lowest BCUT2D eigenvalue weighted by Crippen LogP contribution is -2.27. The first-order valence-electron chi connectivity index (χ1n) is 11.8. The van der Waals surface area contributed by atoms with Crippen molar-refractivity contribution in [2.45, 2.75) is 18.2 Å². The van der Waals surface area contributed by atoms with E-state index in [1.165, 1.54) is 67.8 Å². The molecular weight excluding hydrogens is 563 g/mol. The van der Waals surface area contributed by atoms with Gasteiger partial charge < -0.3 is 19.9 Å². The number of nitrogens with one attached hydrogen (secondary N) is 2. The summed E-state index contributed by atoms with van der Waals surface area (Å²) in [5.74, 6) is -2.44. The van der Waals surface area contributed by atoms with Gasteiger partial charge in [0, 0.05) is 29.8 Å². The van der Waals surface area contributed by atoms with E-state index < -0.39 is 21.8 Å². The maximum absolute atomic E-state index is 13.5. The molecule has 0 aliphatic carbocycles. The van der Waals surface area contributed by atoms with Crippen molar-refractivity contribution in [3.05, 3.63) is 81.9 Å². The number of thiophene rings is 1. The number of rotatable bonds is 12. The summed E-state index contributed by atoms with van der Waals surface area (Å²) in [5.41, 5.74) is 0.267. The van der Waals surface area contributed by atoms with Crippen LogP contribution in [0, 0.1) is 12.7 Å². The van der Waals surface area contributed by atoms with E-state index in [1.54, 1.807) is 0 Å². The van der Waals surface area contributed by atoms with Crippen LogP contribution in [0.4, 0.5) is 10.1 Å². The third-order valence-corrected chi connectivity index (χ3v) is 7.94. The van der Waals surface area contributed by atoms with Gasteiger partial charge in [0.1, 0.15) is 16.5 Å². The summed E-state index contributed by atoms with van der Waals surface area (Å²) in [6, 6.07) is 12.8. The first kappa shape index (κ1) is 28.9. The highest BCUT2D eigenvalue weighted by Crippen LogP contribution is 2.35. The molecule has 2 heterocycles. The number of anilines is 1. The predicted molar refractivity (Wildman–Crippen MR) is 145 cm³/mol. The fourth-order valence-electron chi connectivity index (χ4n) is 3.68. The zero-order valence-corrected chi connectivity index (χ0v) is 23.0. The van der Waals surface area contributed by atoms with Crippen LogP contribution < -0.4 is 14.8 Å². The second-order valence-corrected chi connectivity index (χ2v) is 11.2. The highest BCUT2D eigenvalue weighted by molar-refractivity contribution is 7.89. The minimum absolute atomic E-state index is 0.0387. The Kier molecular flexibility index (Phi) is 8.94. The summed E-state index contributed by atoms with van der Waals surface area (Å²) in [6.07, 6.45) is 0.109. The number of carbonyl (C=O) groups is 2. The van der Waals surface area contributed by atoms with Gasteiger partial charge in [0.15, 0.2) is 5.69 Å². The van der Waals surface area contributed by atoms with E-state index in [4.69, 9.17) is 9.47 Å². The molecule has 0 radical (unpaired) electrons. The first-order chi connectivity index (χ1) is 19.1. The molecule has 14 heteroatoms. The Hall–Kier alpha value is -4.11. The second kappa shape index (κ2) is 12.4. The number of hydrogen-bond donors (Lipinski definition) is 3. The van der Waals surface area contributed by atoms with Crippen molar-refractivity contribution in [1.82, 2.24) is 14.5 Å². The van der Waals surface area contributed by atoms with Crippen molar-refractivity contribution in [3.8, 4) is 17.3 Å². The van der Waals surface area contributed by atoms with Crippen molar-refractivity contribution >= 4 is 38.9 Å². The Morgan fingerprint density at radius 2 is 1.90 bits per heavy atom. The van der Waals surface area contributed by atoms with Crippen LogP contribution in [0.1, 0.15) is 20.9 Å². The van der Waals surface area contributed by atoms with Crippen LogP contribution >= 0.6 is 11.3 Å². The van der Waals surface area contributed by atoms with Crippen LogP contribution in [0.5, 0.6) is 11.6 Å². The molecule has 4 aromatic rings. The standard InChI is InChI=1S/C26H25FN4O7S2/c1-16-24(26(33)34)30-31(19-8-5-17(27)6-9-19)25(16)38-21-10-7-18(29-23(32)15-20-4-3-13-39-20)14-22(21)40(35,36)28-11-12-37-2/h3-10,13-14,28H,11-12,15H2,1-2H3,(H,29,32)(H,33,34). The molecule has 0 fully saturated rings. The van der Waals surface area contributed by atoms with Gasteiger partial charge in [-0.25, -0.2) is 22.3 Å². The molecule has 0 saturated heterocycles. The Balaban J connectivity index is 1.75. The average Bonchev–Trinajstić information content (AvgIpc) is 3.53. The van der Waals surface area contributed by atoms with Gasteiger partial charge in [-0.1, -0.05) is 6.07 Å². The lowest BCUT2D eigenvalue weighted by atomic mass is 10.2. The van der Waals surface area contributed by atoms with E-state index in [0.29, 0.717) is 0 Å². The molecule has 2 aromatic carbocycles. The molecule has 40 heavy (non-hydrogen) atoms. The SMILES string of the molecule is COCCNS(=O)(=O)c1cc(NC(=O)Cc2cccs2)ccc1Oc1c(C)c(C(=O)O)nn1-c1ccc(F)cc1. The van der Waals surface area contributed by atoms with Crippen molar-refractivity contribution in [2.24, 2.45) is 0 Å². The molecular formula is C26H25FN4O7S2. The average molecular weight is 589 g/mol. The first-order valence-corrected chi connectivity index (χ1v) is 14.2. The zero-order valence-electron chi connectivity index (χ0n) is 21.4.